The molecule has 0 aliphatic rings. The molecule has 228 valence electrons. The highest BCUT2D eigenvalue weighted by Crippen LogP contribution is 2.38. The molecule has 0 saturated heterocycles. The maximum absolute atomic E-state index is 14.3. The molecule has 0 heterocycles. The largest absolute Gasteiger partial charge is 0.425 e. The van der Waals surface area contributed by atoms with Gasteiger partial charge in [-0.15, -0.1) is 0 Å². The van der Waals surface area contributed by atoms with Crippen LogP contribution in [0.25, 0.3) is 0 Å². The van der Waals surface area contributed by atoms with Crippen molar-refractivity contribution in [2.75, 3.05) is 33.1 Å². The molecular formula is C35H48N2O4S. The number of hydrogen-bond acceptors (Lipinski definition) is 5. The van der Waals surface area contributed by atoms with Crippen molar-refractivity contribution in [1.82, 2.24) is 4.90 Å². The standard InChI is InChI=1S/C35H48N2O4S/c1-6-7-8-9-10-17-22-29(36(2)3)25-31(34(27-18-13-11-14-19-27)28-20-15-12-16-21-28)35(38)41-32-26-30(37(4)5)23-24-33(32)42(39)40/h11-16,18-21,23-24,26,29,31,34H,6-10,17,22,25H2,1-5H3,(H,39,40). The normalized spacial score (nSPS) is 13.6. The molecule has 1 N–H and O–H groups in total. The first-order chi connectivity index (χ1) is 20.2. The highest BCUT2D eigenvalue weighted by molar-refractivity contribution is 7.79. The van der Waals surface area contributed by atoms with Gasteiger partial charge in [0.2, 0.25) is 0 Å². The van der Waals surface area contributed by atoms with Crippen LogP contribution >= 0.6 is 0 Å². The fourth-order valence-corrected chi connectivity index (χ4v) is 6.03. The van der Waals surface area contributed by atoms with Crippen LogP contribution in [0.4, 0.5) is 5.69 Å². The van der Waals surface area contributed by atoms with Gasteiger partial charge in [-0.25, -0.2) is 4.21 Å². The molecule has 3 unspecified atom stereocenters. The Morgan fingerprint density at radius 3 is 1.93 bits per heavy atom. The molecule has 0 radical (unpaired) electrons. The van der Waals surface area contributed by atoms with Crippen LogP contribution < -0.4 is 9.64 Å². The fourth-order valence-electron chi connectivity index (χ4n) is 5.57. The van der Waals surface area contributed by atoms with Gasteiger partial charge in [0, 0.05) is 37.8 Å². The summed E-state index contributed by atoms with van der Waals surface area (Å²) in [5, 5.41) is 0. The summed E-state index contributed by atoms with van der Waals surface area (Å²) in [7, 11) is 7.92. The van der Waals surface area contributed by atoms with Crippen LogP contribution in [0.2, 0.25) is 0 Å². The number of carbonyl (C=O) groups excluding carboxylic acids is 1. The lowest BCUT2D eigenvalue weighted by Crippen LogP contribution is -2.36. The number of hydrogen-bond donors (Lipinski definition) is 1. The number of esters is 1. The van der Waals surface area contributed by atoms with Crippen LogP contribution in [0.1, 0.15) is 75.3 Å². The summed E-state index contributed by atoms with van der Waals surface area (Å²) in [6.07, 6.45) is 8.88. The number of benzene rings is 3. The number of nitrogens with zero attached hydrogens (tertiary/aromatic N) is 2. The second-order valence-corrected chi connectivity index (χ2v) is 12.4. The minimum Gasteiger partial charge on any atom is -0.425 e. The maximum atomic E-state index is 14.3. The lowest BCUT2D eigenvalue weighted by molar-refractivity contribution is -0.140. The highest BCUT2D eigenvalue weighted by atomic mass is 32.2. The van der Waals surface area contributed by atoms with Gasteiger partial charge in [0.25, 0.3) is 0 Å². The van der Waals surface area contributed by atoms with Gasteiger partial charge in [-0.2, -0.15) is 0 Å². The van der Waals surface area contributed by atoms with Gasteiger partial charge in [-0.3, -0.25) is 4.79 Å². The van der Waals surface area contributed by atoms with Crippen molar-refractivity contribution < 1.29 is 18.3 Å². The van der Waals surface area contributed by atoms with Gasteiger partial charge >= 0.3 is 5.97 Å². The van der Waals surface area contributed by atoms with Crippen LogP contribution in [-0.2, 0) is 15.9 Å². The van der Waals surface area contributed by atoms with E-state index in [-0.39, 0.29) is 22.6 Å². The molecule has 0 spiro atoms. The molecule has 3 aromatic rings. The number of carbonyl (C=O) groups is 1. The third kappa shape index (κ3) is 9.79. The first kappa shape index (κ1) is 33.5. The Labute approximate surface area is 255 Å². The van der Waals surface area contributed by atoms with Crippen molar-refractivity contribution in [1.29, 1.82) is 0 Å². The monoisotopic (exact) mass is 592 g/mol. The fraction of sp³-hybridized carbons (Fsp3) is 0.457. The second-order valence-electron chi connectivity index (χ2n) is 11.5. The Morgan fingerprint density at radius 2 is 1.40 bits per heavy atom. The number of unbranched alkanes of at least 4 members (excludes halogenated alkanes) is 5. The minimum absolute atomic E-state index is 0.0833. The van der Waals surface area contributed by atoms with Gasteiger partial charge in [0.05, 0.1) is 5.92 Å². The summed E-state index contributed by atoms with van der Waals surface area (Å²) >= 11 is -2.30. The molecule has 0 saturated carbocycles. The summed E-state index contributed by atoms with van der Waals surface area (Å²) in [6.45, 7) is 2.23. The van der Waals surface area contributed by atoms with E-state index in [4.69, 9.17) is 4.74 Å². The molecule has 3 atom stereocenters. The van der Waals surface area contributed by atoms with Crippen molar-refractivity contribution in [2.24, 2.45) is 5.92 Å². The van der Waals surface area contributed by atoms with Crippen LogP contribution in [0, 0.1) is 5.92 Å². The quantitative estimate of drug-likeness (QED) is 0.0748. The van der Waals surface area contributed by atoms with Crippen LogP contribution in [-0.4, -0.2) is 53.9 Å². The lowest BCUT2D eigenvalue weighted by atomic mass is 9.77. The summed E-state index contributed by atoms with van der Waals surface area (Å²) in [6, 6.07) is 25.4. The average Bonchev–Trinajstić information content (AvgIpc) is 2.98. The zero-order valence-corrected chi connectivity index (χ0v) is 26.7. The predicted octanol–water partition coefficient (Wildman–Crippen LogP) is 7.76. The van der Waals surface area contributed by atoms with Crippen LogP contribution in [0.5, 0.6) is 5.75 Å². The molecule has 3 rings (SSSR count). The average molecular weight is 593 g/mol. The lowest BCUT2D eigenvalue weighted by Gasteiger charge is -2.33. The van der Waals surface area contributed by atoms with Gasteiger partial charge in [-0.05, 0) is 50.2 Å². The van der Waals surface area contributed by atoms with E-state index in [0.717, 1.165) is 29.7 Å². The number of rotatable bonds is 17. The molecule has 3 aromatic carbocycles. The van der Waals surface area contributed by atoms with E-state index in [1.807, 2.05) is 55.4 Å². The Bertz CT molecular complexity index is 1210. The third-order valence-electron chi connectivity index (χ3n) is 8.01. The van der Waals surface area contributed by atoms with Crippen molar-refractivity contribution in [3.63, 3.8) is 0 Å². The van der Waals surface area contributed by atoms with E-state index in [2.05, 4.69) is 50.2 Å². The van der Waals surface area contributed by atoms with E-state index in [9.17, 15) is 13.6 Å². The number of ether oxygens (including phenoxy) is 1. The topological polar surface area (TPSA) is 70.1 Å². The van der Waals surface area contributed by atoms with Gasteiger partial charge in [0.1, 0.15) is 4.90 Å². The molecule has 42 heavy (non-hydrogen) atoms. The minimum atomic E-state index is -2.30. The number of anilines is 1. The SMILES string of the molecule is CCCCCCCCC(CC(C(=O)Oc1cc(N(C)C)ccc1S(=O)O)C(c1ccccc1)c1ccccc1)N(C)C. The molecule has 0 bridgehead atoms. The van der Waals surface area contributed by atoms with Crippen molar-refractivity contribution in [2.45, 2.75) is 75.1 Å². The zero-order valence-electron chi connectivity index (χ0n) is 25.9. The Balaban J connectivity index is 2.01. The summed E-state index contributed by atoms with van der Waals surface area (Å²) < 4.78 is 28.3. The summed E-state index contributed by atoms with van der Waals surface area (Å²) in [5.41, 5.74) is 2.85. The van der Waals surface area contributed by atoms with Gasteiger partial charge < -0.3 is 19.1 Å². The first-order valence-electron chi connectivity index (χ1n) is 15.1. The maximum Gasteiger partial charge on any atom is 0.315 e. The first-order valence-corrected chi connectivity index (χ1v) is 16.2. The van der Waals surface area contributed by atoms with E-state index in [0.29, 0.717) is 6.42 Å². The predicted molar refractivity (Wildman–Crippen MR) is 174 cm³/mol. The molecule has 6 nitrogen and oxygen atoms in total. The van der Waals surface area contributed by atoms with Crippen LogP contribution in [0.3, 0.4) is 0 Å². The van der Waals surface area contributed by atoms with Crippen molar-refractivity contribution in [3.05, 3.63) is 90.0 Å². The Morgan fingerprint density at radius 1 is 0.833 bits per heavy atom. The molecule has 7 heteroatoms. The second kappa shape index (κ2) is 17.2. The zero-order chi connectivity index (χ0) is 30.5. The Hall–Kier alpha value is -3.00. The molecule has 0 fully saturated rings. The molecular weight excluding hydrogens is 544 g/mol. The molecule has 0 aromatic heterocycles. The van der Waals surface area contributed by atoms with E-state index < -0.39 is 23.0 Å². The van der Waals surface area contributed by atoms with Crippen LogP contribution in [0.15, 0.2) is 83.8 Å². The van der Waals surface area contributed by atoms with Crippen molar-refractivity contribution >= 4 is 22.7 Å². The van der Waals surface area contributed by atoms with Gasteiger partial charge in [-0.1, -0.05) is 106 Å². The summed E-state index contributed by atoms with van der Waals surface area (Å²) in [4.78, 5) is 18.5. The Kier molecular flexibility index (Phi) is 13.7. The van der Waals surface area contributed by atoms with E-state index in [1.54, 1.807) is 18.2 Å². The van der Waals surface area contributed by atoms with E-state index in [1.165, 1.54) is 32.1 Å². The molecule has 0 aliphatic carbocycles. The molecule has 0 aliphatic heterocycles. The third-order valence-corrected chi connectivity index (χ3v) is 8.73. The highest BCUT2D eigenvalue weighted by Gasteiger charge is 2.35. The molecule has 0 amide bonds. The van der Waals surface area contributed by atoms with Gasteiger partial charge in [0.15, 0.2) is 16.8 Å². The van der Waals surface area contributed by atoms with E-state index >= 15 is 0 Å². The summed E-state index contributed by atoms with van der Waals surface area (Å²) in [5.74, 6) is -1.04. The smallest absolute Gasteiger partial charge is 0.315 e. The van der Waals surface area contributed by atoms with Crippen molar-refractivity contribution in [3.8, 4) is 5.75 Å².